The number of nitrogens with two attached hydrogens (primary N) is 1. The minimum absolute atomic E-state index is 0.295. The molecule has 8 nitrogen and oxygen atoms in total. The molecule has 3 N–H and O–H groups in total. The minimum Gasteiger partial charge on any atom is -0.399 e. The number of anilines is 1. The van der Waals surface area contributed by atoms with E-state index >= 15 is 0 Å². The molecule has 1 aliphatic rings. The molecule has 3 rings (SSSR count). The number of aldehydes is 1. The number of nitrogens with one attached hydrogen (secondary N) is 1. The van der Waals surface area contributed by atoms with Crippen LogP contribution in [0.3, 0.4) is 0 Å². The first-order chi connectivity index (χ1) is 18.0. The van der Waals surface area contributed by atoms with Gasteiger partial charge in [-0.15, -0.1) is 0 Å². The zero-order valence-corrected chi connectivity index (χ0v) is 23.7. The fourth-order valence-electron chi connectivity index (χ4n) is 3.30. The Kier molecular flexibility index (Phi) is 13.2. The van der Waals surface area contributed by atoms with E-state index in [1.54, 1.807) is 38.6 Å². The second kappa shape index (κ2) is 15.3. The van der Waals surface area contributed by atoms with Crippen LogP contribution < -0.4 is 16.5 Å². The molecule has 206 valence electrons. The van der Waals surface area contributed by atoms with E-state index in [1.165, 1.54) is 19.2 Å². The summed E-state index contributed by atoms with van der Waals surface area (Å²) in [5.74, 6) is 0.267. The molecule has 2 aromatic rings. The molecule has 0 amide bonds. The van der Waals surface area contributed by atoms with E-state index in [2.05, 4.69) is 32.5 Å². The van der Waals surface area contributed by atoms with Gasteiger partial charge in [-0.05, 0) is 83.7 Å². The largest absolute Gasteiger partial charge is 0.495 e. The van der Waals surface area contributed by atoms with Gasteiger partial charge >= 0.3 is 7.12 Å². The number of rotatable bonds is 7. The van der Waals surface area contributed by atoms with Crippen LogP contribution in [0, 0.1) is 5.82 Å². The summed E-state index contributed by atoms with van der Waals surface area (Å²) in [6, 6.07) is 11.6. The third-order valence-electron chi connectivity index (χ3n) is 5.98. The highest BCUT2D eigenvalue weighted by Gasteiger charge is 2.52. The number of carbonyl (C=O) groups excluding carboxylic acids is 1. The number of benzene rings is 2. The maximum atomic E-state index is 13.2. The van der Waals surface area contributed by atoms with Crippen molar-refractivity contribution in [2.24, 2.45) is 15.7 Å². The number of nitrogens with zero attached hydrogens (tertiary/aromatic N) is 2. The van der Waals surface area contributed by atoms with Crippen molar-refractivity contribution < 1.29 is 23.2 Å². The summed E-state index contributed by atoms with van der Waals surface area (Å²) in [6.45, 7) is 13.6. The Hall–Kier alpha value is -3.18. The number of methoxy groups -OCH3 is 1. The van der Waals surface area contributed by atoms with Gasteiger partial charge in [-0.2, -0.15) is 0 Å². The van der Waals surface area contributed by atoms with E-state index in [4.69, 9.17) is 9.31 Å². The molecular weight excluding hydrogens is 486 g/mol. The monoisotopic (exact) mass is 526 g/mol. The Balaban J connectivity index is 0.00000135. The first kappa shape index (κ1) is 32.9. The van der Waals surface area contributed by atoms with Gasteiger partial charge in [0, 0.05) is 37.2 Å². The van der Waals surface area contributed by atoms with Gasteiger partial charge in [-0.25, -0.2) is 4.39 Å². The lowest BCUT2D eigenvalue weighted by atomic mass is 9.76. The fraction of sp³-hybridized carbons (Fsp3) is 0.393. The maximum absolute atomic E-state index is 13.2. The summed E-state index contributed by atoms with van der Waals surface area (Å²) < 4.78 is 29.6. The minimum atomic E-state index is -0.637. The molecule has 1 saturated heterocycles. The molecule has 0 unspecified atom stereocenters. The molecule has 10 heteroatoms. The third kappa shape index (κ3) is 8.99. The summed E-state index contributed by atoms with van der Waals surface area (Å²) in [4.78, 5) is 20.3. The molecule has 0 radical (unpaired) electrons. The average Bonchev–Trinajstić information content (AvgIpc) is 3.10. The zero-order valence-electron chi connectivity index (χ0n) is 23.7. The SMILES string of the molecule is C=N/C=C(/C)C(=NCc1ccc(F)cc1)Nc1ccc(B2OC(C)(C)C(C)(C)O2)c(C=O)c1.CN.COC. The topological polar surface area (TPSA) is 108 Å². The molecule has 38 heavy (non-hydrogen) atoms. The van der Waals surface area contributed by atoms with Crippen molar-refractivity contribution in [3.63, 3.8) is 0 Å². The molecule has 0 spiro atoms. The number of carbonyl (C=O) groups is 1. The third-order valence-corrected chi connectivity index (χ3v) is 5.98. The van der Waals surface area contributed by atoms with E-state index < -0.39 is 18.3 Å². The van der Waals surface area contributed by atoms with Crippen molar-refractivity contribution >= 4 is 37.1 Å². The van der Waals surface area contributed by atoms with Crippen LogP contribution in [-0.2, 0) is 20.6 Å². The molecule has 1 aliphatic heterocycles. The molecular formula is C28H40BFN4O4. The van der Waals surface area contributed by atoms with Gasteiger partial charge < -0.3 is 25.1 Å². The lowest BCUT2D eigenvalue weighted by Crippen LogP contribution is -2.41. The summed E-state index contributed by atoms with van der Waals surface area (Å²) in [6.07, 6.45) is 2.38. The lowest BCUT2D eigenvalue weighted by molar-refractivity contribution is 0.00578. The molecule has 0 atom stereocenters. The van der Waals surface area contributed by atoms with Crippen molar-refractivity contribution in [1.82, 2.24) is 0 Å². The van der Waals surface area contributed by atoms with E-state index in [-0.39, 0.29) is 5.82 Å². The molecule has 0 bridgehead atoms. The highest BCUT2D eigenvalue weighted by Crippen LogP contribution is 2.36. The van der Waals surface area contributed by atoms with Crippen molar-refractivity contribution in [3.05, 3.63) is 71.2 Å². The van der Waals surface area contributed by atoms with Gasteiger partial charge in [0.1, 0.15) is 17.9 Å². The summed E-state index contributed by atoms with van der Waals surface area (Å²) >= 11 is 0. The number of halogens is 1. The Morgan fingerprint density at radius 2 is 1.66 bits per heavy atom. The van der Waals surface area contributed by atoms with E-state index in [0.29, 0.717) is 29.1 Å². The normalized spacial score (nSPS) is 16.0. The highest BCUT2D eigenvalue weighted by atomic mass is 19.1. The maximum Gasteiger partial charge on any atom is 0.495 e. The van der Waals surface area contributed by atoms with E-state index in [0.717, 1.165) is 17.4 Å². The standard InChI is InChI=1S/C25H29BFN3O3.C2H6O.CH5N/c1-17(14-28-6)23(29-15-18-7-9-20(27)10-8-18)30-21-11-12-22(19(13-21)16-31)26-32-24(2,3)25(4,5)33-26;1-3-2;1-2/h7-14,16H,6,15H2,1-5H3,(H,29,30);1-2H3;2H2,1H3/b17-14-;;. The summed E-state index contributed by atoms with van der Waals surface area (Å²) in [5.41, 5.74) is 6.91. The predicted molar refractivity (Wildman–Crippen MR) is 155 cm³/mol. The second-order valence-corrected chi connectivity index (χ2v) is 9.37. The van der Waals surface area contributed by atoms with Crippen molar-refractivity contribution in [3.8, 4) is 0 Å². The summed E-state index contributed by atoms with van der Waals surface area (Å²) in [7, 11) is 4.11. The van der Waals surface area contributed by atoms with Gasteiger partial charge in [0.05, 0.1) is 17.7 Å². The van der Waals surface area contributed by atoms with E-state index in [1.807, 2.05) is 46.8 Å². The van der Waals surface area contributed by atoms with Gasteiger partial charge in [0.15, 0.2) is 0 Å². The second-order valence-electron chi connectivity index (χ2n) is 9.37. The van der Waals surface area contributed by atoms with Crippen LogP contribution in [0.2, 0.25) is 0 Å². The van der Waals surface area contributed by atoms with Crippen molar-refractivity contribution in [2.45, 2.75) is 52.4 Å². The van der Waals surface area contributed by atoms with Crippen LogP contribution >= 0.6 is 0 Å². The highest BCUT2D eigenvalue weighted by molar-refractivity contribution is 6.63. The lowest BCUT2D eigenvalue weighted by Gasteiger charge is -2.32. The number of hydrogen-bond acceptors (Lipinski definition) is 7. The fourth-order valence-corrected chi connectivity index (χ4v) is 3.30. The van der Waals surface area contributed by atoms with E-state index in [9.17, 15) is 9.18 Å². The number of hydrogen-bond donors (Lipinski definition) is 2. The Labute approximate surface area is 226 Å². The van der Waals surface area contributed by atoms with Crippen LogP contribution in [0.4, 0.5) is 10.1 Å². The molecule has 1 fully saturated rings. The average molecular weight is 526 g/mol. The first-order valence-corrected chi connectivity index (χ1v) is 12.1. The smallest absolute Gasteiger partial charge is 0.399 e. The number of ether oxygens (including phenoxy) is 1. The predicted octanol–water partition coefficient (Wildman–Crippen LogP) is 4.39. The summed E-state index contributed by atoms with van der Waals surface area (Å²) in [5, 5.41) is 3.25. The zero-order chi connectivity index (χ0) is 28.9. The molecule has 0 aromatic heterocycles. The Morgan fingerprint density at radius 1 is 1.11 bits per heavy atom. The molecule has 0 saturated carbocycles. The quantitative estimate of drug-likeness (QED) is 0.240. The first-order valence-electron chi connectivity index (χ1n) is 12.1. The van der Waals surface area contributed by atoms with Crippen molar-refractivity contribution in [2.75, 3.05) is 26.6 Å². The Morgan fingerprint density at radius 3 is 2.16 bits per heavy atom. The van der Waals surface area contributed by atoms with Crippen LogP contribution in [0.5, 0.6) is 0 Å². The van der Waals surface area contributed by atoms with Crippen LogP contribution in [0.15, 0.2) is 64.2 Å². The van der Waals surface area contributed by atoms with Crippen LogP contribution in [-0.4, -0.2) is 58.4 Å². The Bertz CT molecular complexity index is 1100. The van der Waals surface area contributed by atoms with Gasteiger partial charge in [-0.1, -0.05) is 18.2 Å². The van der Waals surface area contributed by atoms with Crippen LogP contribution in [0.25, 0.3) is 0 Å². The molecule has 1 heterocycles. The molecule has 2 aromatic carbocycles. The van der Waals surface area contributed by atoms with Gasteiger partial charge in [-0.3, -0.25) is 14.8 Å². The number of aliphatic imine (C=N–C) groups is 2. The number of amidine groups is 1. The van der Waals surface area contributed by atoms with Gasteiger partial charge in [0.2, 0.25) is 0 Å². The molecule has 0 aliphatic carbocycles. The van der Waals surface area contributed by atoms with Crippen LogP contribution in [0.1, 0.15) is 50.5 Å². The van der Waals surface area contributed by atoms with Gasteiger partial charge in [0.25, 0.3) is 0 Å². The van der Waals surface area contributed by atoms with Crippen molar-refractivity contribution in [1.29, 1.82) is 0 Å².